The number of hydrogen-bond donors (Lipinski definition) is 0. The van der Waals surface area contributed by atoms with Crippen LogP contribution in [0.3, 0.4) is 0 Å². The zero-order valence-corrected chi connectivity index (χ0v) is 25.6. The molecule has 0 N–H and O–H groups in total. The predicted octanol–water partition coefficient (Wildman–Crippen LogP) is 10.3. The third-order valence-corrected chi connectivity index (χ3v) is 10.6. The molecule has 6 aromatic carbocycles. The summed E-state index contributed by atoms with van der Waals surface area (Å²) in [5.74, 6) is 0.288. The Morgan fingerprint density at radius 2 is 1.18 bits per heavy atom. The summed E-state index contributed by atoms with van der Waals surface area (Å²) < 4.78 is 2.68. The van der Waals surface area contributed by atoms with Crippen LogP contribution < -0.4 is 10.4 Å². The van der Waals surface area contributed by atoms with Crippen molar-refractivity contribution in [3.63, 3.8) is 0 Å². The van der Waals surface area contributed by atoms with E-state index in [0.29, 0.717) is 0 Å². The van der Waals surface area contributed by atoms with E-state index in [1.165, 1.54) is 80.7 Å². The van der Waals surface area contributed by atoms with E-state index >= 15 is 0 Å². The van der Waals surface area contributed by atoms with Crippen molar-refractivity contribution in [3.05, 3.63) is 191 Å². The lowest BCUT2D eigenvalue weighted by molar-refractivity contribution is 0.798. The van der Waals surface area contributed by atoms with Gasteiger partial charge in [0.2, 0.25) is 0 Å². The van der Waals surface area contributed by atoms with Crippen molar-refractivity contribution in [2.75, 3.05) is 0 Å². The molecule has 2 aliphatic carbocycles. The summed E-state index contributed by atoms with van der Waals surface area (Å²) in [5.41, 5.74) is 11.9. The van der Waals surface area contributed by atoms with Gasteiger partial charge in [-0.2, -0.15) is 0 Å². The van der Waals surface area contributed by atoms with E-state index in [0.717, 1.165) is 6.42 Å². The minimum Gasteiger partial charge on any atom is -0.135 e. The first-order chi connectivity index (χ1) is 22.3. The SMILES string of the molecule is C1=CCC2C(=C1)C(c1ccccc1-c1ccccc1)=c1ccccc1=C2c1ccc2sc3cc(-c4ccccc4)ccc3c2c1. The van der Waals surface area contributed by atoms with Crippen molar-refractivity contribution in [3.8, 4) is 22.3 Å². The maximum Gasteiger partial charge on any atom is 0.0361 e. The van der Waals surface area contributed by atoms with Crippen LogP contribution in [0.2, 0.25) is 0 Å². The zero-order chi connectivity index (χ0) is 29.7. The number of thiophene rings is 1. The molecule has 0 amide bonds. The third-order valence-electron chi connectivity index (χ3n) is 9.45. The minimum atomic E-state index is 0.288. The molecule has 1 unspecified atom stereocenters. The van der Waals surface area contributed by atoms with Crippen molar-refractivity contribution < 1.29 is 0 Å². The summed E-state index contributed by atoms with van der Waals surface area (Å²) in [6.45, 7) is 0. The van der Waals surface area contributed by atoms with E-state index in [2.05, 4.69) is 164 Å². The van der Waals surface area contributed by atoms with Crippen LogP contribution in [0.15, 0.2) is 169 Å². The summed E-state index contributed by atoms with van der Waals surface area (Å²) in [5, 5.41) is 5.34. The Labute approximate surface area is 267 Å². The van der Waals surface area contributed by atoms with Gasteiger partial charge in [-0.05, 0) is 85.2 Å². The lowest BCUT2D eigenvalue weighted by atomic mass is 9.71. The average molecular weight is 591 g/mol. The molecule has 9 rings (SSSR count). The summed E-state index contributed by atoms with van der Waals surface area (Å²) in [7, 11) is 0. The van der Waals surface area contributed by atoms with Gasteiger partial charge in [0.1, 0.15) is 0 Å². The highest BCUT2D eigenvalue weighted by Gasteiger charge is 2.30. The van der Waals surface area contributed by atoms with Crippen molar-refractivity contribution in [1.29, 1.82) is 0 Å². The summed E-state index contributed by atoms with van der Waals surface area (Å²) in [4.78, 5) is 0. The molecule has 0 nitrogen and oxygen atoms in total. The van der Waals surface area contributed by atoms with Crippen molar-refractivity contribution in [2.24, 2.45) is 5.92 Å². The molecule has 1 heteroatoms. The minimum absolute atomic E-state index is 0.288. The highest BCUT2D eigenvalue weighted by atomic mass is 32.1. The van der Waals surface area contributed by atoms with Crippen LogP contribution in [0.5, 0.6) is 0 Å². The largest absolute Gasteiger partial charge is 0.135 e. The number of hydrogen-bond acceptors (Lipinski definition) is 1. The Morgan fingerprint density at radius 1 is 0.489 bits per heavy atom. The van der Waals surface area contributed by atoms with E-state index in [1.807, 2.05) is 11.3 Å². The van der Waals surface area contributed by atoms with Gasteiger partial charge >= 0.3 is 0 Å². The quantitative estimate of drug-likeness (QED) is 0.191. The second-order valence-corrected chi connectivity index (χ2v) is 13.1. The predicted molar refractivity (Wildman–Crippen MR) is 193 cm³/mol. The highest BCUT2D eigenvalue weighted by Crippen LogP contribution is 2.44. The fraction of sp³-hybridized carbons (Fsp3) is 0.0455. The molecule has 7 aromatic rings. The first-order valence-electron chi connectivity index (χ1n) is 15.7. The smallest absolute Gasteiger partial charge is 0.0361 e. The Bertz CT molecular complexity index is 2440. The molecule has 0 spiro atoms. The van der Waals surface area contributed by atoms with E-state index in [1.54, 1.807) is 0 Å². The molecule has 1 heterocycles. The molecular weight excluding hydrogens is 561 g/mol. The molecule has 0 saturated carbocycles. The summed E-state index contributed by atoms with van der Waals surface area (Å²) in [6, 6.07) is 53.6. The molecule has 0 bridgehead atoms. The molecular formula is C44H30S. The number of rotatable bonds is 4. The molecule has 1 atom stereocenters. The van der Waals surface area contributed by atoms with Gasteiger partial charge in [-0.3, -0.25) is 0 Å². The first kappa shape index (κ1) is 26.2. The van der Waals surface area contributed by atoms with E-state index in [-0.39, 0.29) is 5.92 Å². The van der Waals surface area contributed by atoms with E-state index in [9.17, 15) is 0 Å². The lowest BCUT2D eigenvalue weighted by Gasteiger charge is -2.32. The van der Waals surface area contributed by atoms with Crippen molar-refractivity contribution in [1.82, 2.24) is 0 Å². The Hall–Kier alpha value is -5.24. The first-order valence-corrected chi connectivity index (χ1v) is 16.5. The number of fused-ring (bicyclic) bond motifs is 5. The van der Waals surface area contributed by atoms with Crippen molar-refractivity contribution in [2.45, 2.75) is 6.42 Å². The van der Waals surface area contributed by atoms with Gasteiger partial charge in [0.05, 0.1) is 0 Å². The van der Waals surface area contributed by atoms with Crippen LogP contribution in [0.25, 0.3) is 53.6 Å². The maximum absolute atomic E-state index is 2.46. The molecule has 0 saturated heterocycles. The van der Waals surface area contributed by atoms with Gasteiger partial charge in [-0.15, -0.1) is 11.3 Å². The fourth-order valence-corrected chi connectivity index (χ4v) is 8.55. The number of allylic oxidation sites excluding steroid dienone is 4. The fourth-order valence-electron chi connectivity index (χ4n) is 7.42. The molecule has 0 aliphatic heterocycles. The van der Waals surface area contributed by atoms with Gasteiger partial charge in [-0.25, -0.2) is 0 Å². The van der Waals surface area contributed by atoms with Gasteiger partial charge in [0.15, 0.2) is 0 Å². The van der Waals surface area contributed by atoms with Gasteiger partial charge in [0.25, 0.3) is 0 Å². The van der Waals surface area contributed by atoms with E-state index < -0.39 is 0 Å². The second-order valence-electron chi connectivity index (χ2n) is 12.0. The summed E-state index contributed by atoms with van der Waals surface area (Å²) >= 11 is 1.90. The molecule has 0 fully saturated rings. The standard InChI is InChI=1S/C44H30S/c1-3-13-29(14-4-1)31-23-25-34-40-27-32(24-26-41(40)45-42(34)28-31)43-36-19-9-11-21-38(36)44(39-22-12-10-20-37(39)43)35-18-8-7-17-33(35)30-15-5-2-6-16-30/h1-19,21-28,37H,20H2. The molecule has 212 valence electrons. The topological polar surface area (TPSA) is 0 Å². The number of benzene rings is 6. The normalized spacial score (nSPS) is 15.6. The Morgan fingerprint density at radius 3 is 2.00 bits per heavy atom. The van der Waals surface area contributed by atoms with Crippen LogP contribution in [0.4, 0.5) is 0 Å². The van der Waals surface area contributed by atoms with Crippen LogP contribution in [0.1, 0.15) is 17.5 Å². The van der Waals surface area contributed by atoms with Gasteiger partial charge in [0, 0.05) is 26.1 Å². The average Bonchev–Trinajstić information content (AvgIpc) is 3.48. The summed E-state index contributed by atoms with van der Waals surface area (Å²) in [6.07, 6.45) is 7.95. The molecule has 0 radical (unpaired) electrons. The molecule has 2 aliphatic rings. The Balaban J connectivity index is 1.29. The zero-order valence-electron chi connectivity index (χ0n) is 24.8. The monoisotopic (exact) mass is 590 g/mol. The third kappa shape index (κ3) is 4.35. The lowest BCUT2D eigenvalue weighted by Crippen LogP contribution is -2.37. The second kappa shape index (κ2) is 10.7. The highest BCUT2D eigenvalue weighted by molar-refractivity contribution is 7.25. The van der Waals surface area contributed by atoms with E-state index in [4.69, 9.17) is 0 Å². The van der Waals surface area contributed by atoms with Gasteiger partial charge < -0.3 is 0 Å². The van der Waals surface area contributed by atoms with Crippen LogP contribution in [-0.4, -0.2) is 0 Å². The maximum atomic E-state index is 2.46. The van der Waals surface area contributed by atoms with Gasteiger partial charge in [-0.1, -0.05) is 146 Å². The molecule has 1 aromatic heterocycles. The molecule has 45 heavy (non-hydrogen) atoms. The van der Waals surface area contributed by atoms with Crippen LogP contribution >= 0.6 is 11.3 Å². The van der Waals surface area contributed by atoms with Crippen molar-refractivity contribution >= 4 is 42.7 Å². The van der Waals surface area contributed by atoms with Crippen LogP contribution in [0, 0.1) is 5.92 Å². The van der Waals surface area contributed by atoms with Crippen LogP contribution in [-0.2, 0) is 0 Å². The Kier molecular flexibility index (Phi) is 6.25.